The van der Waals surface area contributed by atoms with Gasteiger partial charge in [-0.15, -0.1) is 0 Å². The van der Waals surface area contributed by atoms with Crippen LogP contribution in [0.4, 0.5) is 0 Å². The third-order valence-corrected chi connectivity index (χ3v) is 2.47. The second-order valence-electron chi connectivity index (χ2n) is 4.45. The summed E-state index contributed by atoms with van der Waals surface area (Å²) in [5.74, 6) is -2.71. The van der Waals surface area contributed by atoms with Gasteiger partial charge in [-0.3, -0.25) is 20.4 Å². The third-order valence-electron chi connectivity index (χ3n) is 2.47. The Labute approximate surface area is 142 Å². The second kappa shape index (κ2) is 9.34. The van der Waals surface area contributed by atoms with Crippen LogP contribution in [0.15, 0.2) is 34.3 Å². The molecule has 0 saturated heterocycles. The number of nitrogens with one attached hydrogen (secondary N) is 2. The maximum atomic E-state index is 12.1. The molecule has 0 fully saturated rings. The number of carbonyl (C=O) groups is 3. The molecule has 25 heavy (non-hydrogen) atoms. The normalized spacial score (nSPS) is 9.44. The fourth-order valence-electron chi connectivity index (χ4n) is 1.45. The Hall–Kier alpha value is -3.83. The zero-order chi connectivity index (χ0) is 18.8. The molecule has 0 aromatic heterocycles. The van der Waals surface area contributed by atoms with E-state index in [1.807, 2.05) is 0 Å². The highest BCUT2D eigenvalue weighted by Crippen LogP contribution is 2.17. The van der Waals surface area contributed by atoms with Crippen molar-refractivity contribution in [3.8, 4) is 5.75 Å². The van der Waals surface area contributed by atoms with E-state index in [-0.39, 0.29) is 29.8 Å². The Morgan fingerprint density at radius 2 is 1.52 bits per heavy atom. The average molecular weight is 350 g/mol. The van der Waals surface area contributed by atoms with Gasteiger partial charge in [0.2, 0.25) is 0 Å². The van der Waals surface area contributed by atoms with E-state index < -0.39 is 24.3 Å². The monoisotopic (exact) mass is 350 g/mol. The van der Waals surface area contributed by atoms with Crippen molar-refractivity contribution in [2.45, 2.75) is 0 Å². The molecule has 12 nitrogen and oxygen atoms in total. The van der Waals surface area contributed by atoms with Crippen molar-refractivity contribution < 1.29 is 19.1 Å². The number of amides is 2. The molecule has 0 saturated carbocycles. The van der Waals surface area contributed by atoms with Gasteiger partial charge in [-0.25, -0.2) is 14.8 Å². The summed E-state index contributed by atoms with van der Waals surface area (Å²) >= 11 is 0. The fraction of sp³-hybridized carbons (Fsp3) is 0.154. The molecule has 0 radical (unpaired) electrons. The molecule has 0 aliphatic heterocycles. The van der Waals surface area contributed by atoms with E-state index in [1.54, 1.807) is 12.1 Å². The first kappa shape index (κ1) is 19.2. The van der Waals surface area contributed by atoms with Crippen molar-refractivity contribution in [1.29, 1.82) is 0 Å². The van der Waals surface area contributed by atoms with Crippen LogP contribution in [0.25, 0.3) is 0 Å². The molecular formula is C13H18N8O4. The van der Waals surface area contributed by atoms with E-state index in [0.29, 0.717) is 0 Å². The van der Waals surface area contributed by atoms with E-state index in [4.69, 9.17) is 27.7 Å². The first-order valence-electron chi connectivity index (χ1n) is 6.79. The fourth-order valence-corrected chi connectivity index (χ4v) is 1.45. The van der Waals surface area contributed by atoms with E-state index in [1.165, 1.54) is 12.1 Å². The highest BCUT2D eigenvalue weighted by molar-refractivity contribution is 5.98. The average Bonchev–Trinajstić information content (AvgIpc) is 2.56. The summed E-state index contributed by atoms with van der Waals surface area (Å²) in [5, 5.41) is 0. The number of guanidine groups is 2. The van der Waals surface area contributed by atoms with Crippen LogP contribution in [0.1, 0.15) is 10.4 Å². The molecule has 1 aromatic carbocycles. The number of hydrogen-bond acceptors (Lipinski definition) is 6. The van der Waals surface area contributed by atoms with Gasteiger partial charge in [0.05, 0.1) is 5.56 Å². The summed E-state index contributed by atoms with van der Waals surface area (Å²) in [6, 6.07) is 5.88. The van der Waals surface area contributed by atoms with Gasteiger partial charge in [-0.05, 0) is 12.1 Å². The maximum absolute atomic E-state index is 12.1. The summed E-state index contributed by atoms with van der Waals surface area (Å²) in [4.78, 5) is 42.1. The first-order chi connectivity index (χ1) is 11.8. The van der Waals surface area contributed by atoms with E-state index in [9.17, 15) is 14.4 Å². The molecule has 12 heteroatoms. The number of carbonyl (C=O) groups excluding carboxylic acids is 3. The number of hydrogen-bond donors (Lipinski definition) is 6. The molecule has 0 bridgehead atoms. The van der Waals surface area contributed by atoms with Gasteiger partial charge >= 0.3 is 5.97 Å². The highest BCUT2D eigenvalue weighted by Gasteiger charge is 2.15. The van der Waals surface area contributed by atoms with Crippen molar-refractivity contribution in [3.05, 3.63) is 29.8 Å². The van der Waals surface area contributed by atoms with Crippen LogP contribution in [0, 0.1) is 0 Å². The van der Waals surface area contributed by atoms with Crippen LogP contribution >= 0.6 is 0 Å². The molecule has 0 atom stereocenters. The molecule has 0 aliphatic rings. The van der Waals surface area contributed by atoms with Gasteiger partial charge in [0.25, 0.3) is 11.8 Å². The Bertz CT molecular complexity index is 708. The Morgan fingerprint density at radius 1 is 0.920 bits per heavy atom. The summed E-state index contributed by atoms with van der Waals surface area (Å²) in [6.07, 6.45) is 0. The number of nitrogens with two attached hydrogens (primary N) is 4. The predicted molar refractivity (Wildman–Crippen MR) is 89.0 cm³/mol. The summed E-state index contributed by atoms with van der Waals surface area (Å²) in [6.45, 7) is -0.773. The first-order valence-corrected chi connectivity index (χ1v) is 6.79. The van der Waals surface area contributed by atoms with E-state index in [0.717, 1.165) is 0 Å². The number of rotatable bonds is 6. The van der Waals surface area contributed by atoms with E-state index in [2.05, 4.69) is 20.8 Å². The largest absolute Gasteiger partial charge is 0.424 e. The van der Waals surface area contributed by atoms with Crippen molar-refractivity contribution in [3.63, 3.8) is 0 Å². The molecule has 0 heterocycles. The zero-order valence-electron chi connectivity index (χ0n) is 13.1. The van der Waals surface area contributed by atoms with E-state index >= 15 is 0 Å². The molecule has 0 aliphatic carbocycles. The lowest BCUT2D eigenvalue weighted by Crippen LogP contribution is -2.43. The zero-order valence-corrected chi connectivity index (χ0v) is 13.1. The molecule has 2 amide bonds. The third kappa shape index (κ3) is 7.32. The Balaban J connectivity index is 2.70. The maximum Gasteiger partial charge on any atom is 0.333 e. The number of ether oxygens (including phenoxy) is 1. The number of aliphatic imine (C=N–C) groups is 2. The molecule has 0 unspecified atom stereocenters. The standard InChI is InChI=1S/C13H18N8O4/c14-12(15)18-5-9(22)20-21-11(24)7-3-1-2-4-8(7)25-10(23)6-19-13(16)17/h1-4H,5-6H2,(H,20,22)(H,21,24)(H4,14,15,18)(H4,16,17,19). The SMILES string of the molecule is NC(N)=NCC(=O)NNC(=O)c1ccccc1OC(=O)CN=C(N)N. The topological polar surface area (TPSA) is 213 Å². The van der Waals surface area contributed by atoms with Gasteiger partial charge in [0.15, 0.2) is 11.9 Å². The summed E-state index contributed by atoms with van der Waals surface area (Å²) in [5.41, 5.74) is 24.6. The van der Waals surface area contributed by atoms with Crippen LogP contribution < -0.4 is 38.5 Å². The Kier molecular flexibility index (Phi) is 7.18. The summed E-state index contributed by atoms with van der Waals surface area (Å²) < 4.78 is 5.02. The summed E-state index contributed by atoms with van der Waals surface area (Å²) in [7, 11) is 0. The molecule has 10 N–H and O–H groups in total. The molecular weight excluding hydrogens is 332 g/mol. The quantitative estimate of drug-likeness (QED) is 0.101. The highest BCUT2D eigenvalue weighted by atomic mass is 16.5. The number of para-hydroxylation sites is 1. The molecule has 0 spiro atoms. The van der Waals surface area contributed by atoms with Crippen molar-refractivity contribution in [2.24, 2.45) is 32.9 Å². The van der Waals surface area contributed by atoms with Gasteiger partial charge in [-0.1, -0.05) is 12.1 Å². The lowest BCUT2D eigenvalue weighted by Gasteiger charge is -2.10. The van der Waals surface area contributed by atoms with Crippen LogP contribution in [0.3, 0.4) is 0 Å². The van der Waals surface area contributed by atoms with Crippen molar-refractivity contribution >= 4 is 29.7 Å². The minimum absolute atomic E-state index is 0.00249. The lowest BCUT2D eigenvalue weighted by atomic mass is 10.2. The minimum atomic E-state index is -0.773. The van der Waals surface area contributed by atoms with Gasteiger partial charge in [0.1, 0.15) is 18.8 Å². The smallest absolute Gasteiger partial charge is 0.333 e. The lowest BCUT2D eigenvalue weighted by molar-refractivity contribution is -0.132. The number of benzene rings is 1. The van der Waals surface area contributed by atoms with Gasteiger partial charge in [-0.2, -0.15) is 0 Å². The molecule has 134 valence electrons. The van der Waals surface area contributed by atoms with Crippen LogP contribution in [-0.2, 0) is 9.59 Å². The van der Waals surface area contributed by atoms with Crippen LogP contribution in [0.5, 0.6) is 5.75 Å². The van der Waals surface area contributed by atoms with Gasteiger partial charge in [0, 0.05) is 0 Å². The Morgan fingerprint density at radius 3 is 2.16 bits per heavy atom. The van der Waals surface area contributed by atoms with Crippen molar-refractivity contribution in [2.75, 3.05) is 13.1 Å². The predicted octanol–water partition coefficient (Wildman–Crippen LogP) is -3.10. The number of hydrazine groups is 1. The minimum Gasteiger partial charge on any atom is -0.424 e. The molecule has 1 aromatic rings. The molecule has 1 rings (SSSR count). The van der Waals surface area contributed by atoms with Gasteiger partial charge < -0.3 is 27.7 Å². The second-order valence-corrected chi connectivity index (χ2v) is 4.45. The van der Waals surface area contributed by atoms with Crippen LogP contribution in [-0.4, -0.2) is 42.8 Å². The van der Waals surface area contributed by atoms with Crippen molar-refractivity contribution in [1.82, 2.24) is 10.9 Å². The number of esters is 1. The number of nitrogens with zero attached hydrogens (tertiary/aromatic N) is 2. The van der Waals surface area contributed by atoms with Crippen LogP contribution in [0.2, 0.25) is 0 Å².